The van der Waals surface area contributed by atoms with Crippen molar-refractivity contribution in [2.75, 3.05) is 0 Å². The topological polar surface area (TPSA) is 37.3 Å². The van der Waals surface area contributed by atoms with Gasteiger partial charge in [0.2, 0.25) is 0 Å². The van der Waals surface area contributed by atoms with Crippen LogP contribution in [-0.4, -0.2) is 16.5 Å². The first kappa shape index (κ1) is 10.6. The van der Waals surface area contributed by atoms with Gasteiger partial charge in [0.05, 0.1) is 0 Å². The van der Waals surface area contributed by atoms with Crippen molar-refractivity contribution in [3.8, 4) is 0 Å². The molecular formula is C9H18O2. The molecule has 0 amide bonds. The number of ketones is 1. The van der Waals surface area contributed by atoms with E-state index in [9.17, 15) is 9.90 Å². The van der Waals surface area contributed by atoms with Gasteiger partial charge in [0.1, 0.15) is 5.60 Å². The number of rotatable bonds is 4. The summed E-state index contributed by atoms with van der Waals surface area (Å²) in [5.74, 6) is -0.109. The Bertz CT molecular complexity index is 134. The summed E-state index contributed by atoms with van der Waals surface area (Å²) in [6.45, 7) is 7.31. The van der Waals surface area contributed by atoms with Gasteiger partial charge in [-0.05, 0) is 12.8 Å². The zero-order chi connectivity index (χ0) is 9.07. The van der Waals surface area contributed by atoms with Crippen LogP contribution in [0.15, 0.2) is 0 Å². The van der Waals surface area contributed by atoms with Crippen molar-refractivity contribution < 1.29 is 9.90 Å². The molecule has 0 spiro atoms. The normalized spacial score (nSPS) is 12.2. The predicted octanol–water partition coefficient (Wildman–Crippen LogP) is 1.76. The number of Topliss-reactive ketones (excluding diaryl/α,β-unsaturated/α-hetero) is 1. The summed E-state index contributed by atoms with van der Waals surface area (Å²) in [7, 11) is 0. The van der Waals surface area contributed by atoms with E-state index < -0.39 is 5.60 Å². The highest BCUT2D eigenvalue weighted by molar-refractivity contribution is 5.88. The minimum absolute atomic E-state index is 0.0394. The summed E-state index contributed by atoms with van der Waals surface area (Å²) in [6, 6.07) is 0. The van der Waals surface area contributed by atoms with Crippen LogP contribution in [0.2, 0.25) is 0 Å². The standard InChI is InChI=1S/C9H18O2/c1-5-9(11,6-2)8(10)7(3)4/h7,11H,5-6H2,1-4H3. The van der Waals surface area contributed by atoms with Gasteiger partial charge in [-0.2, -0.15) is 0 Å². The van der Waals surface area contributed by atoms with Gasteiger partial charge in [-0.3, -0.25) is 4.79 Å². The average Bonchev–Trinajstić information content (AvgIpc) is 2.01. The summed E-state index contributed by atoms with van der Waals surface area (Å²) in [6.07, 6.45) is 1.03. The lowest BCUT2D eigenvalue weighted by Gasteiger charge is -2.25. The third-order valence-corrected chi connectivity index (χ3v) is 2.15. The Hall–Kier alpha value is -0.370. The Morgan fingerprint density at radius 1 is 1.36 bits per heavy atom. The van der Waals surface area contributed by atoms with E-state index in [2.05, 4.69) is 0 Å². The number of carbonyl (C=O) groups is 1. The Labute approximate surface area is 68.6 Å². The fourth-order valence-electron chi connectivity index (χ4n) is 1.14. The van der Waals surface area contributed by atoms with Gasteiger partial charge in [-0.25, -0.2) is 0 Å². The molecule has 0 aromatic heterocycles. The predicted molar refractivity (Wildman–Crippen MR) is 45.4 cm³/mol. The largest absolute Gasteiger partial charge is 0.382 e. The third-order valence-electron chi connectivity index (χ3n) is 2.15. The average molecular weight is 158 g/mol. The van der Waals surface area contributed by atoms with Crippen LogP contribution >= 0.6 is 0 Å². The highest BCUT2D eigenvalue weighted by atomic mass is 16.3. The SMILES string of the molecule is CCC(O)(CC)C(=O)C(C)C. The monoisotopic (exact) mass is 158 g/mol. The van der Waals surface area contributed by atoms with Gasteiger partial charge < -0.3 is 5.11 Å². The zero-order valence-electron chi connectivity index (χ0n) is 7.85. The highest BCUT2D eigenvalue weighted by Gasteiger charge is 2.32. The summed E-state index contributed by atoms with van der Waals surface area (Å²) < 4.78 is 0. The molecule has 0 atom stereocenters. The third kappa shape index (κ3) is 2.29. The summed E-state index contributed by atoms with van der Waals surface area (Å²) in [4.78, 5) is 11.4. The highest BCUT2D eigenvalue weighted by Crippen LogP contribution is 2.19. The van der Waals surface area contributed by atoms with Crippen LogP contribution in [-0.2, 0) is 4.79 Å². The lowest BCUT2D eigenvalue weighted by atomic mass is 9.86. The molecule has 2 nitrogen and oxygen atoms in total. The quantitative estimate of drug-likeness (QED) is 0.677. The van der Waals surface area contributed by atoms with Gasteiger partial charge in [-0.1, -0.05) is 27.7 Å². The first-order valence-corrected chi connectivity index (χ1v) is 4.24. The molecule has 1 N–H and O–H groups in total. The van der Waals surface area contributed by atoms with Crippen molar-refractivity contribution in [2.24, 2.45) is 5.92 Å². The Morgan fingerprint density at radius 3 is 1.82 bits per heavy atom. The van der Waals surface area contributed by atoms with Crippen molar-refractivity contribution in [2.45, 2.75) is 46.1 Å². The second-order valence-corrected chi connectivity index (χ2v) is 3.26. The van der Waals surface area contributed by atoms with E-state index in [1.54, 1.807) is 0 Å². The molecule has 0 aromatic rings. The molecule has 0 aromatic carbocycles. The van der Waals surface area contributed by atoms with Crippen molar-refractivity contribution in [3.05, 3.63) is 0 Å². The second-order valence-electron chi connectivity index (χ2n) is 3.26. The van der Waals surface area contributed by atoms with Gasteiger partial charge >= 0.3 is 0 Å². The molecule has 0 saturated carbocycles. The maximum absolute atomic E-state index is 11.4. The lowest BCUT2D eigenvalue weighted by molar-refractivity contribution is -0.141. The van der Waals surface area contributed by atoms with Crippen LogP contribution in [0.5, 0.6) is 0 Å². The number of aliphatic hydroxyl groups is 1. The fourth-order valence-corrected chi connectivity index (χ4v) is 1.14. The lowest BCUT2D eigenvalue weighted by Crippen LogP contribution is -2.39. The Kier molecular flexibility index (Phi) is 3.73. The smallest absolute Gasteiger partial charge is 0.166 e. The molecular weight excluding hydrogens is 140 g/mol. The molecule has 0 aliphatic carbocycles. The maximum atomic E-state index is 11.4. The molecule has 0 radical (unpaired) electrons. The molecule has 0 aliphatic heterocycles. The second kappa shape index (κ2) is 3.86. The van der Waals surface area contributed by atoms with E-state index in [4.69, 9.17) is 0 Å². The molecule has 11 heavy (non-hydrogen) atoms. The first-order valence-electron chi connectivity index (χ1n) is 4.24. The Morgan fingerprint density at radius 2 is 1.73 bits per heavy atom. The molecule has 0 unspecified atom stereocenters. The van der Waals surface area contributed by atoms with Crippen LogP contribution in [0.4, 0.5) is 0 Å². The van der Waals surface area contributed by atoms with Crippen molar-refractivity contribution in [1.29, 1.82) is 0 Å². The van der Waals surface area contributed by atoms with Crippen LogP contribution in [0.25, 0.3) is 0 Å². The van der Waals surface area contributed by atoms with E-state index in [-0.39, 0.29) is 11.7 Å². The first-order chi connectivity index (χ1) is 4.98. The maximum Gasteiger partial charge on any atom is 0.166 e. The van der Waals surface area contributed by atoms with Crippen molar-refractivity contribution >= 4 is 5.78 Å². The van der Waals surface area contributed by atoms with E-state index in [0.717, 1.165) is 0 Å². The minimum Gasteiger partial charge on any atom is -0.382 e. The Balaban J connectivity index is 4.37. The van der Waals surface area contributed by atoms with Gasteiger partial charge in [0, 0.05) is 5.92 Å². The van der Waals surface area contributed by atoms with Crippen LogP contribution in [0.1, 0.15) is 40.5 Å². The summed E-state index contributed by atoms with van der Waals surface area (Å²) in [5.41, 5.74) is -1.08. The molecule has 0 heterocycles. The molecule has 0 rings (SSSR count). The van der Waals surface area contributed by atoms with Gasteiger partial charge in [0.25, 0.3) is 0 Å². The van der Waals surface area contributed by atoms with E-state index >= 15 is 0 Å². The van der Waals surface area contributed by atoms with Crippen LogP contribution in [0.3, 0.4) is 0 Å². The minimum atomic E-state index is -1.08. The molecule has 0 bridgehead atoms. The van der Waals surface area contributed by atoms with E-state index in [0.29, 0.717) is 12.8 Å². The zero-order valence-corrected chi connectivity index (χ0v) is 7.85. The molecule has 2 heteroatoms. The molecule has 0 fully saturated rings. The van der Waals surface area contributed by atoms with Crippen LogP contribution in [0, 0.1) is 5.92 Å². The molecule has 66 valence electrons. The summed E-state index contributed by atoms with van der Waals surface area (Å²) >= 11 is 0. The molecule has 0 aliphatic rings. The number of carbonyl (C=O) groups excluding carboxylic acids is 1. The number of hydrogen-bond acceptors (Lipinski definition) is 2. The van der Waals surface area contributed by atoms with Gasteiger partial charge in [0.15, 0.2) is 5.78 Å². The summed E-state index contributed by atoms with van der Waals surface area (Å²) in [5, 5.41) is 9.72. The van der Waals surface area contributed by atoms with E-state index in [1.165, 1.54) is 0 Å². The van der Waals surface area contributed by atoms with Gasteiger partial charge in [-0.15, -0.1) is 0 Å². The van der Waals surface area contributed by atoms with E-state index in [1.807, 2.05) is 27.7 Å². The molecule has 0 saturated heterocycles. The van der Waals surface area contributed by atoms with Crippen molar-refractivity contribution in [1.82, 2.24) is 0 Å². The fraction of sp³-hybridized carbons (Fsp3) is 0.889. The van der Waals surface area contributed by atoms with Crippen LogP contribution < -0.4 is 0 Å². The number of hydrogen-bond donors (Lipinski definition) is 1. The van der Waals surface area contributed by atoms with Crippen molar-refractivity contribution in [3.63, 3.8) is 0 Å².